The van der Waals surface area contributed by atoms with Crippen LogP contribution in [0.15, 0.2) is 67.0 Å². The first-order valence-electron chi connectivity index (χ1n) is 11.0. The first kappa shape index (κ1) is 22.5. The van der Waals surface area contributed by atoms with Gasteiger partial charge >= 0.3 is 0 Å². The molecule has 0 bridgehead atoms. The minimum Gasteiger partial charge on any atom is -0.497 e. The lowest BCUT2D eigenvalue weighted by Crippen LogP contribution is -2.40. The Kier molecular flexibility index (Phi) is 7.00. The monoisotopic (exact) mass is 444 g/mol. The molecule has 2 aromatic carbocycles. The molecule has 0 radical (unpaired) electrons. The molecule has 7 nitrogen and oxygen atoms in total. The third-order valence-electron chi connectivity index (χ3n) is 5.99. The summed E-state index contributed by atoms with van der Waals surface area (Å²) >= 11 is 0. The molecule has 170 valence electrons. The van der Waals surface area contributed by atoms with E-state index in [0.29, 0.717) is 18.7 Å². The number of carbonyl (C=O) groups is 2. The van der Waals surface area contributed by atoms with Crippen molar-refractivity contribution >= 4 is 17.5 Å². The molecule has 7 heteroatoms. The van der Waals surface area contributed by atoms with Crippen LogP contribution in [-0.4, -0.2) is 41.9 Å². The van der Waals surface area contributed by atoms with Crippen molar-refractivity contribution in [2.45, 2.75) is 19.4 Å². The van der Waals surface area contributed by atoms with Crippen LogP contribution in [0.4, 0.5) is 5.69 Å². The molecule has 1 saturated heterocycles. The standard InChI is InChI=1S/C26H28N4O3/c1-33-23-10-8-18(9-11-23)21-13-22(15-28-14-21)26(32)29-24-7-3-2-5-19(24)16-30-12-4-6-20(17-30)25(27)31/h2-3,5,7-11,13-15,20H,4,6,12,16-17H2,1H3,(H2,27,31)(H,29,32). The molecule has 1 fully saturated rings. The quantitative estimate of drug-likeness (QED) is 0.579. The van der Waals surface area contributed by atoms with Crippen molar-refractivity contribution in [3.8, 4) is 16.9 Å². The minimum atomic E-state index is -0.245. The molecule has 0 aliphatic carbocycles. The number of piperidine rings is 1. The Morgan fingerprint density at radius 2 is 1.91 bits per heavy atom. The average molecular weight is 445 g/mol. The highest BCUT2D eigenvalue weighted by molar-refractivity contribution is 6.05. The van der Waals surface area contributed by atoms with Gasteiger partial charge in [-0.15, -0.1) is 0 Å². The first-order valence-corrected chi connectivity index (χ1v) is 11.0. The predicted molar refractivity (Wildman–Crippen MR) is 128 cm³/mol. The number of amides is 2. The summed E-state index contributed by atoms with van der Waals surface area (Å²) < 4.78 is 5.21. The molecule has 3 aromatic rings. The van der Waals surface area contributed by atoms with E-state index in [9.17, 15) is 9.59 Å². The summed E-state index contributed by atoms with van der Waals surface area (Å²) in [5.74, 6) is 0.185. The number of nitrogens with one attached hydrogen (secondary N) is 1. The number of nitrogens with two attached hydrogens (primary N) is 1. The molecule has 0 saturated carbocycles. The fraction of sp³-hybridized carbons (Fsp3) is 0.269. The number of methoxy groups -OCH3 is 1. The molecule has 0 spiro atoms. The number of benzene rings is 2. The van der Waals surface area contributed by atoms with Gasteiger partial charge in [0.1, 0.15) is 5.75 Å². The fourth-order valence-electron chi connectivity index (χ4n) is 4.15. The van der Waals surface area contributed by atoms with Gasteiger partial charge in [-0.05, 0) is 54.8 Å². The number of hydrogen-bond donors (Lipinski definition) is 2. The van der Waals surface area contributed by atoms with Gasteiger partial charge in [-0.3, -0.25) is 19.5 Å². The highest BCUT2D eigenvalue weighted by Crippen LogP contribution is 2.25. The molecule has 2 heterocycles. The Hall–Kier alpha value is -3.71. The maximum absolute atomic E-state index is 13.0. The molecule has 1 atom stereocenters. The molecule has 33 heavy (non-hydrogen) atoms. The van der Waals surface area contributed by atoms with Crippen LogP contribution >= 0.6 is 0 Å². The number of carbonyl (C=O) groups excluding carboxylic acids is 2. The van der Waals surface area contributed by atoms with Crippen LogP contribution in [0.1, 0.15) is 28.8 Å². The third kappa shape index (κ3) is 5.56. The smallest absolute Gasteiger partial charge is 0.257 e. The van der Waals surface area contributed by atoms with E-state index in [4.69, 9.17) is 10.5 Å². The van der Waals surface area contributed by atoms with Gasteiger partial charge in [-0.2, -0.15) is 0 Å². The Balaban J connectivity index is 1.48. The van der Waals surface area contributed by atoms with E-state index >= 15 is 0 Å². The van der Waals surface area contributed by atoms with Gasteiger partial charge in [-0.25, -0.2) is 0 Å². The number of hydrogen-bond acceptors (Lipinski definition) is 5. The van der Waals surface area contributed by atoms with E-state index < -0.39 is 0 Å². The zero-order chi connectivity index (χ0) is 23.2. The number of nitrogens with zero attached hydrogens (tertiary/aromatic N) is 2. The second kappa shape index (κ2) is 10.3. The molecule has 4 rings (SSSR count). The zero-order valence-corrected chi connectivity index (χ0v) is 18.7. The van der Waals surface area contributed by atoms with E-state index in [-0.39, 0.29) is 17.7 Å². The van der Waals surface area contributed by atoms with Crippen LogP contribution in [0.5, 0.6) is 5.75 Å². The Bertz CT molecular complexity index is 1130. The lowest BCUT2D eigenvalue weighted by molar-refractivity contribution is -0.123. The Labute approximate surface area is 193 Å². The minimum absolute atomic E-state index is 0.118. The number of likely N-dealkylation sites (tertiary alicyclic amines) is 1. The average Bonchev–Trinajstić information content (AvgIpc) is 2.85. The molecular formula is C26H28N4O3. The maximum atomic E-state index is 13.0. The van der Waals surface area contributed by atoms with Crippen LogP contribution in [-0.2, 0) is 11.3 Å². The van der Waals surface area contributed by atoms with Crippen LogP contribution in [0.25, 0.3) is 11.1 Å². The van der Waals surface area contributed by atoms with Gasteiger partial charge in [-0.1, -0.05) is 30.3 Å². The second-order valence-corrected chi connectivity index (χ2v) is 8.28. The lowest BCUT2D eigenvalue weighted by atomic mass is 9.97. The number of para-hydroxylation sites is 1. The van der Waals surface area contributed by atoms with Crippen molar-refractivity contribution in [3.63, 3.8) is 0 Å². The molecule has 2 amide bonds. The highest BCUT2D eigenvalue weighted by atomic mass is 16.5. The van der Waals surface area contributed by atoms with E-state index in [2.05, 4.69) is 15.2 Å². The van der Waals surface area contributed by atoms with Gasteiger partial charge in [0.25, 0.3) is 5.91 Å². The lowest BCUT2D eigenvalue weighted by Gasteiger charge is -2.31. The second-order valence-electron chi connectivity index (χ2n) is 8.28. The van der Waals surface area contributed by atoms with Crippen molar-refractivity contribution in [1.29, 1.82) is 0 Å². The van der Waals surface area contributed by atoms with E-state index in [1.165, 1.54) is 0 Å². The largest absolute Gasteiger partial charge is 0.497 e. The predicted octanol–water partition coefficient (Wildman–Crippen LogP) is 3.71. The van der Waals surface area contributed by atoms with Gasteiger partial charge in [0.05, 0.1) is 18.6 Å². The summed E-state index contributed by atoms with van der Waals surface area (Å²) in [4.78, 5) is 31.1. The van der Waals surface area contributed by atoms with Gasteiger partial charge in [0, 0.05) is 36.7 Å². The van der Waals surface area contributed by atoms with Gasteiger partial charge < -0.3 is 15.8 Å². The third-order valence-corrected chi connectivity index (χ3v) is 5.99. The Morgan fingerprint density at radius 1 is 1.12 bits per heavy atom. The van der Waals surface area contributed by atoms with E-state index in [0.717, 1.165) is 47.5 Å². The molecule has 1 aliphatic rings. The zero-order valence-electron chi connectivity index (χ0n) is 18.7. The van der Waals surface area contributed by atoms with Gasteiger partial charge in [0.2, 0.25) is 5.91 Å². The van der Waals surface area contributed by atoms with Crippen molar-refractivity contribution < 1.29 is 14.3 Å². The summed E-state index contributed by atoms with van der Waals surface area (Å²) in [6.07, 6.45) is 5.07. The van der Waals surface area contributed by atoms with Crippen LogP contribution in [0.3, 0.4) is 0 Å². The topological polar surface area (TPSA) is 97.6 Å². The fourth-order valence-corrected chi connectivity index (χ4v) is 4.15. The summed E-state index contributed by atoms with van der Waals surface area (Å²) in [6, 6.07) is 17.2. The summed E-state index contributed by atoms with van der Waals surface area (Å²) in [7, 11) is 1.63. The number of rotatable bonds is 7. The SMILES string of the molecule is COc1ccc(-c2cncc(C(=O)Nc3ccccc3CN3CCCC(C(N)=O)C3)c2)cc1. The molecule has 1 unspecified atom stereocenters. The van der Waals surface area contributed by atoms with Crippen molar-refractivity contribution in [2.75, 3.05) is 25.5 Å². The van der Waals surface area contributed by atoms with Crippen LogP contribution < -0.4 is 15.8 Å². The molecule has 1 aromatic heterocycles. The van der Waals surface area contributed by atoms with Crippen LogP contribution in [0, 0.1) is 5.92 Å². The van der Waals surface area contributed by atoms with Crippen LogP contribution in [0.2, 0.25) is 0 Å². The Morgan fingerprint density at radius 3 is 2.67 bits per heavy atom. The number of primary amides is 1. The maximum Gasteiger partial charge on any atom is 0.257 e. The number of anilines is 1. The first-order chi connectivity index (χ1) is 16.0. The summed E-state index contributed by atoms with van der Waals surface area (Å²) in [6.45, 7) is 2.19. The number of aromatic nitrogens is 1. The molecule has 1 aliphatic heterocycles. The van der Waals surface area contributed by atoms with Gasteiger partial charge in [0.15, 0.2) is 0 Å². The molecule has 3 N–H and O–H groups in total. The van der Waals surface area contributed by atoms with E-state index in [1.807, 2.05) is 54.6 Å². The van der Waals surface area contributed by atoms with E-state index in [1.54, 1.807) is 19.5 Å². The summed E-state index contributed by atoms with van der Waals surface area (Å²) in [5, 5.41) is 3.03. The van der Waals surface area contributed by atoms with Crippen molar-refractivity contribution in [1.82, 2.24) is 9.88 Å². The summed E-state index contributed by atoms with van der Waals surface area (Å²) in [5.41, 5.74) is 9.54. The highest BCUT2D eigenvalue weighted by Gasteiger charge is 2.24. The molecular weight excluding hydrogens is 416 g/mol. The number of ether oxygens (including phenoxy) is 1. The normalized spacial score (nSPS) is 16.2. The number of pyridine rings is 1. The van der Waals surface area contributed by atoms with Crippen molar-refractivity contribution in [3.05, 3.63) is 78.1 Å². The van der Waals surface area contributed by atoms with Crippen molar-refractivity contribution in [2.24, 2.45) is 11.7 Å².